The molecule has 1 aromatic rings. The van der Waals surface area contributed by atoms with E-state index in [1.54, 1.807) is 6.08 Å². The Labute approximate surface area is 86.3 Å². The number of rotatable bonds is 4. The van der Waals surface area contributed by atoms with E-state index < -0.39 is 0 Å². The number of amides is 1. The quantitative estimate of drug-likeness (QED) is 0.717. The van der Waals surface area contributed by atoms with Gasteiger partial charge < -0.3 is 10.4 Å². The Hall–Kier alpha value is -1.20. The second-order valence-electron chi connectivity index (χ2n) is 2.64. The standard InChI is InChI=1S/C9H12N2O2S/c1-7-11-8(6-14-7)2-3-9(13)10-4-5-12/h2-3,6,12H,4-5H2,1H3,(H,10,13). The summed E-state index contributed by atoms with van der Waals surface area (Å²) in [5, 5.41) is 13.8. The van der Waals surface area contributed by atoms with E-state index in [4.69, 9.17) is 5.11 Å². The number of hydrogen-bond donors (Lipinski definition) is 2. The lowest BCUT2D eigenvalue weighted by molar-refractivity contribution is -0.116. The molecule has 0 aliphatic heterocycles. The predicted molar refractivity (Wildman–Crippen MR) is 56.0 cm³/mol. The van der Waals surface area contributed by atoms with Gasteiger partial charge in [-0.2, -0.15) is 0 Å². The maximum absolute atomic E-state index is 11.0. The van der Waals surface area contributed by atoms with Gasteiger partial charge in [0, 0.05) is 18.0 Å². The van der Waals surface area contributed by atoms with Crippen LogP contribution in [0, 0.1) is 6.92 Å². The molecule has 0 saturated carbocycles. The number of nitrogens with zero attached hydrogens (tertiary/aromatic N) is 1. The highest BCUT2D eigenvalue weighted by molar-refractivity contribution is 7.09. The van der Waals surface area contributed by atoms with Gasteiger partial charge in [0.05, 0.1) is 17.3 Å². The normalized spacial score (nSPS) is 10.7. The van der Waals surface area contributed by atoms with Crippen molar-refractivity contribution in [1.29, 1.82) is 0 Å². The molecule has 0 radical (unpaired) electrons. The fraction of sp³-hybridized carbons (Fsp3) is 0.333. The van der Waals surface area contributed by atoms with Crippen LogP contribution in [0.2, 0.25) is 0 Å². The maximum Gasteiger partial charge on any atom is 0.244 e. The number of hydrogen-bond acceptors (Lipinski definition) is 4. The van der Waals surface area contributed by atoms with Gasteiger partial charge in [0.15, 0.2) is 0 Å². The molecule has 0 saturated heterocycles. The summed E-state index contributed by atoms with van der Waals surface area (Å²) in [6.45, 7) is 2.14. The highest BCUT2D eigenvalue weighted by Crippen LogP contribution is 2.08. The van der Waals surface area contributed by atoms with Crippen LogP contribution in [0.5, 0.6) is 0 Å². The first-order valence-corrected chi connectivity index (χ1v) is 5.09. The monoisotopic (exact) mass is 212 g/mol. The van der Waals surface area contributed by atoms with E-state index >= 15 is 0 Å². The molecule has 0 aliphatic rings. The Morgan fingerprint density at radius 3 is 3.14 bits per heavy atom. The second-order valence-corrected chi connectivity index (χ2v) is 3.70. The van der Waals surface area contributed by atoms with Crippen molar-refractivity contribution in [2.24, 2.45) is 0 Å². The van der Waals surface area contributed by atoms with Crippen LogP contribution in [0.1, 0.15) is 10.7 Å². The van der Waals surface area contributed by atoms with Gasteiger partial charge in [0.25, 0.3) is 0 Å². The van der Waals surface area contributed by atoms with E-state index in [9.17, 15) is 4.79 Å². The SMILES string of the molecule is Cc1nc(C=CC(=O)NCCO)cs1. The Morgan fingerprint density at radius 2 is 2.57 bits per heavy atom. The van der Waals surface area contributed by atoms with E-state index in [1.807, 2.05) is 12.3 Å². The zero-order valence-electron chi connectivity index (χ0n) is 7.86. The first kappa shape index (κ1) is 10.9. The highest BCUT2D eigenvalue weighted by atomic mass is 32.1. The average molecular weight is 212 g/mol. The van der Waals surface area contributed by atoms with Crippen molar-refractivity contribution in [3.8, 4) is 0 Å². The van der Waals surface area contributed by atoms with Crippen molar-refractivity contribution in [2.75, 3.05) is 13.2 Å². The van der Waals surface area contributed by atoms with Gasteiger partial charge in [-0.15, -0.1) is 11.3 Å². The Balaban J connectivity index is 2.43. The van der Waals surface area contributed by atoms with Crippen LogP contribution >= 0.6 is 11.3 Å². The molecule has 76 valence electrons. The van der Waals surface area contributed by atoms with Crippen molar-refractivity contribution in [1.82, 2.24) is 10.3 Å². The third kappa shape index (κ3) is 3.68. The molecule has 0 aliphatic carbocycles. The molecule has 0 bridgehead atoms. The number of aryl methyl sites for hydroxylation is 1. The summed E-state index contributed by atoms with van der Waals surface area (Å²) in [6, 6.07) is 0. The smallest absolute Gasteiger partial charge is 0.244 e. The van der Waals surface area contributed by atoms with Crippen LogP contribution in [0.15, 0.2) is 11.5 Å². The van der Waals surface area contributed by atoms with E-state index in [1.165, 1.54) is 17.4 Å². The minimum atomic E-state index is -0.218. The number of aliphatic hydroxyl groups excluding tert-OH is 1. The molecular weight excluding hydrogens is 200 g/mol. The number of carbonyl (C=O) groups is 1. The average Bonchev–Trinajstić information content (AvgIpc) is 2.58. The van der Waals surface area contributed by atoms with Crippen LogP contribution < -0.4 is 5.32 Å². The molecule has 1 aromatic heterocycles. The molecule has 0 spiro atoms. The first-order valence-electron chi connectivity index (χ1n) is 4.21. The van der Waals surface area contributed by atoms with Crippen molar-refractivity contribution in [3.05, 3.63) is 22.2 Å². The molecule has 1 heterocycles. The zero-order valence-corrected chi connectivity index (χ0v) is 8.67. The van der Waals surface area contributed by atoms with Gasteiger partial charge in [-0.05, 0) is 13.0 Å². The van der Waals surface area contributed by atoms with E-state index in [0.717, 1.165) is 10.7 Å². The van der Waals surface area contributed by atoms with Crippen LogP contribution in [0.4, 0.5) is 0 Å². The molecule has 0 fully saturated rings. The number of thiazole rings is 1. The summed E-state index contributed by atoms with van der Waals surface area (Å²) in [7, 11) is 0. The highest BCUT2D eigenvalue weighted by Gasteiger charge is 1.95. The maximum atomic E-state index is 11.0. The molecule has 0 aromatic carbocycles. The fourth-order valence-electron chi connectivity index (χ4n) is 0.856. The zero-order chi connectivity index (χ0) is 10.4. The minimum Gasteiger partial charge on any atom is -0.395 e. The summed E-state index contributed by atoms with van der Waals surface area (Å²) in [6.07, 6.45) is 3.06. The molecule has 14 heavy (non-hydrogen) atoms. The van der Waals surface area contributed by atoms with Crippen LogP contribution in [-0.2, 0) is 4.79 Å². The lowest BCUT2D eigenvalue weighted by Gasteiger charge is -1.95. The third-order valence-corrected chi connectivity index (χ3v) is 2.25. The molecule has 1 amide bonds. The van der Waals surface area contributed by atoms with E-state index in [0.29, 0.717) is 0 Å². The van der Waals surface area contributed by atoms with E-state index in [-0.39, 0.29) is 19.1 Å². The number of carbonyl (C=O) groups excluding carboxylic acids is 1. The Kier molecular flexibility index (Phi) is 4.28. The minimum absolute atomic E-state index is 0.0462. The Morgan fingerprint density at radius 1 is 1.79 bits per heavy atom. The van der Waals surface area contributed by atoms with Gasteiger partial charge in [0.2, 0.25) is 5.91 Å². The number of aromatic nitrogens is 1. The van der Waals surface area contributed by atoms with Crippen LogP contribution in [0.3, 0.4) is 0 Å². The van der Waals surface area contributed by atoms with Gasteiger partial charge in [-0.25, -0.2) is 4.98 Å². The van der Waals surface area contributed by atoms with Crippen molar-refractivity contribution in [3.63, 3.8) is 0 Å². The molecule has 2 N–H and O–H groups in total. The summed E-state index contributed by atoms with van der Waals surface area (Å²) >= 11 is 1.54. The largest absolute Gasteiger partial charge is 0.395 e. The molecule has 0 atom stereocenters. The van der Waals surface area contributed by atoms with Crippen molar-refractivity contribution in [2.45, 2.75) is 6.92 Å². The van der Waals surface area contributed by atoms with Crippen molar-refractivity contribution >= 4 is 23.3 Å². The lowest BCUT2D eigenvalue weighted by atomic mass is 10.4. The van der Waals surface area contributed by atoms with Crippen molar-refractivity contribution < 1.29 is 9.90 Å². The van der Waals surface area contributed by atoms with E-state index in [2.05, 4.69) is 10.3 Å². The predicted octanol–water partition coefficient (Wildman–Crippen LogP) is 0.573. The number of aliphatic hydroxyl groups is 1. The summed E-state index contributed by atoms with van der Waals surface area (Å²) < 4.78 is 0. The molecule has 0 unspecified atom stereocenters. The third-order valence-electron chi connectivity index (χ3n) is 1.45. The molecule has 4 nitrogen and oxygen atoms in total. The van der Waals surface area contributed by atoms with Gasteiger partial charge in [-0.1, -0.05) is 0 Å². The fourth-order valence-corrected chi connectivity index (χ4v) is 1.44. The summed E-state index contributed by atoms with van der Waals surface area (Å²) in [5.74, 6) is -0.218. The topological polar surface area (TPSA) is 62.2 Å². The molecular formula is C9H12N2O2S. The van der Waals surface area contributed by atoms with Crippen LogP contribution in [-0.4, -0.2) is 29.1 Å². The summed E-state index contributed by atoms with van der Waals surface area (Å²) in [5.41, 5.74) is 0.784. The number of nitrogens with one attached hydrogen (secondary N) is 1. The van der Waals surface area contributed by atoms with Gasteiger partial charge in [0.1, 0.15) is 0 Å². The summed E-state index contributed by atoms with van der Waals surface area (Å²) in [4.78, 5) is 15.2. The van der Waals surface area contributed by atoms with Gasteiger partial charge in [-0.3, -0.25) is 4.79 Å². The van der Waals surface area contributed by atoms with Crippen LogP contribution in [0.25, 0.3) is 6.08 Å². The lowest BCUT2D eigenvalue weighted by Crippen LogP contribution is -2.24. The molecule has 5 heteroatoms. The Bertz CT molecular complexity index is 333. The second kappa shape index (κ2) is 5.51. The first-order chi connectivity index (χ1) is 6.72. The van der Waals surface area contributed by atoms with Gasteiger partial charge >= 0.3 is 0 Å². The molecule has 1 rings (SSSR count).